The van der Waals surface area contributed by atoms with E-state index in [4.69, 9.17) is 0 Å². The Bertz CT molecular complexity index is 191. The average molecular weight is 225 g/mol. The van der Waals surface area contributed by atoms with E-state index >= 15 is 0 Å². The second kappa shape index (κ2) is 5.05. The van der Waals surface area contributed by atoms with Gasteiger partial charge in [0.2, 0.25) is 0 Å². The topological polar surface area (TPSA) is 32.3 Å². The van der Waals surface area contributed by atoms with Crippen LogP contribution in [0.1, 0.15) is 71.1 Å². The minimum Gasteiger partial charge on any atom is -0.389 e. The van der Waals surface area contributed by atoms with Crippen molar-refractivity contribution in [1.82, 2.24) is 5.32 Å². The average Bonchev–Trinajstić information content (AvgIpc) is 2.29. The third-order valence-corrected chi connectivity index (χ3v) is 4.59. The van der Waals surface area contributed by atoms with Gasteiger partial charge in [-0.1, -0.05) is 38.5 Å². The van der Waals surface area contributed by atoms with Crippen LogP contribution in [0.3, 0.4) is 0 Å². The van der Waals surface area contributed by atoms with E-state index in [0.717, 1.165) is 19.4 Å². The standard InChI is InChI=1S/C14H27NO/c1-13(8-4-2-5-9-13)15-12-14(16)10-6-3-7-11-14/h15-16H,2-12H2,1H3. The molecule has 94 valence electrons. The lowest BCUT2D eigenvalue weighted by Crippen LogP contribution is -2.52. The van der Waals surface area contributed by atoms with Crippen LogP contribution in [0, 0.1) is 0 Å². The molecule has 0 atom stereocenters. The summed E-state index contributed by atoms with van der Waals surface area (Å²) in [6.07, 6.45) is 12.4. The summed E-state index contributed by atoms with van der Waals surface area (Å²) < 4.78 is 0. The molecule has 0 saturated heterocycles. The molecule has 2 rings (SSSR count). The molecule has 0 amide bonds. The van der Waals surface area contributed by atoms with Crippen LogP contribution in [0.5, 0.6) is 0 Å². The fourth-order valence-electron chi connectivity index (χ4n) is 3.27. The summed E-state index contributed by atoms with van der Waals surface area (Å²) in [4.78, 5) is 0. The van der Waals surface area contributed by atoms with Crippen molar-refractivity contribution >= 4 is 0 Å². The highest BCUT2D eigenvalue weighted by molar-refractivity contribution is 4.91. The van der Waals surface area contributed by atoms with E-state index < -0.39 is 5.60 Å². The zero-order valence-electron chi connectivity index (χ0n) is 10.7. The number of β-amino-alcohol motifs (C(OH)–C–C–N with tert-alkyl or cyclic N) is 1. The molecule has 2 aliphatic rings. The Balaban J connectivity index is 1.80. The van der Waals surface area contributed by atoms with E-state index in [9.17, 15) is 5.11 Å². The lowest BCUT2D eigenvalue weighted by Gasteiger charge is -2.40. The minimum absolute atomic E-state index is 0.297. The molecule has 2 saturated carbocycles. The van der Waals surface area contributed by atoms with Gasteiger partial charge in [-0.3, -0.25) is 0 Å². The van der Waals surface area contributed by atoms with Crippen molar-refractivity contribution in [2.24, 2.45) is 0 Å². The van der Waals surface area contributed by atoms with Crippen molar-refractivity contribution in [2.75, 3.05) is 6.54 Å². The zero-order valence-corrected chi connectivity index (χ0v) is 10.7. The molecule has 0 bridgehead atoms. The zero-order chi connectivity index (χ0) is 11.5. The van der Waals surface area contributed by atoms with Gasteiger partial charge in [0.25, 0.3) is 0 Å². The Morgan fingerprint density at radius 2 is 1.38 bits per heavy atom. The van der Waals surface area contributed by atoms with Gasteiger partial charge in [-0.15, -0.1) is 0 Å². The van der Waals surface area contributed by atoms with Crippen LogP contribution in [0.15, 0.2) is 0 Å². The number of hydrogen-bond acceptors (Lipinski definition) is 2. The van der Waals surface area contributed by atoms with E-state index in [0.29, 0.717) is 5.54 Å². The van der Waals surface area contributed by atoms with Crippen molar-refractivity contribution in [2.45, 2.75) is 82.3 Å². The molecular weight excluding hydrogens is 198 g/mol. The molecule has 2 N–H and O–H groups in total. The van der Waals surface area contributed by atoms with Crippen LogP contribution in [0.4, 0.5) is 0 Å². The number of rotatable bonds is 3. The number of aliphatic hydroxyl groups is 1. The fourth-order valence-corrected chi connectivity index (χ4v) is 3.27. The quantitative estimate of drug-likeness (QED) is 0.774. The molecule has 2 fully saturated rings. The van der Waals surface area contributed by atoms with E-state index in [-0.39, 0.29) is 0 Å². The highest BCUT2D eigenvalue weighted by Crippen LogP contribution is 2.31. The van der Waals surface area contributed by atoms with Crippen LogP contribution in [0.25, 0.3) is 0 Å². The molecule has 16 heavy (non-hydrogen) atoms. The highest BCUT2D eigenvalue weighted by atomic mass is 16.3. The maximum atomic E-state index is 10.5. The Morgan fingerprint density at radius 3 is 1.94 bits per heavy atom. The van der Waals surface area contributed by atoms with Gasteiger partial charge in [-0.2, -0.15) is 0 Å². The van der Waals surface area contributed by atoms with E-state index in [2.05, 4.69) is 12.2 Å². The highest BCUT2D eigenvalue weighted by Gasteiger charge is 2.33. The van der Waals surface area contributed by atoms with Crippen molar-refractivity contribution < 1.29 is 5.11 Å². The van der Waals surface area contributed by atoms with E-state index in [1.165, 1.54) is 51.4 Å². The van der Waals surface area contributed by atoms with Crippen LogP contribution in [-0.4, -0.2) is 22.8 Å². The van der Waals surface area contributed by atoms with Crippen LogP contribution >= 0.6 is 0 Å². The first kappa shape index (κ1) is 12.4. The van der Waals surface area contributed by atoms with Gasteiger partial charge >= 0.3 is 0 Å². The molecule has 2 aliphatic carbocycles. The lowest BCUT2D eigenvalue weighted by atomic mass is 9.80. The smallest absolute Gasteiger partial charge is 0.0771 e. The Hall–Kier alpha value is -0.0800. The second-order valence-electron chi connectivity index (χ2n) is 6.26. The van der Waals surface area contributed by atoms with Crippen LogP contribution in [-0.2, 0) is 0 Å². The number of nitrogens with one attached hydrogen (secondary N) is 1. The minimum atomic E-state index is -0.404. The van der Waals surface area contributed by atoms with Crippen LogP contribution in [0.2, 0.25) is 0 Å². The lowest BCUT2D eigenvalue weighted by molar-refractivity contribution is -0.00349. The SMILES string of the molecule is CC1(NCC2(O)CCCCC2)CCCCC1. The van der Waals surface area contributed by atoms with Crippen molar-refractivity contribution in [3.63, 3.8) is 0 Å². The molecule has 2 nitrogen and oxygen atoms in total. The predicted molar refractivity (Wildman–Crippen MR) is 67.5 cm³/mol. The molecule has 0 unspecified atom stereocenters. The van der Waals surface area contributed by atoms with Gasteiger partial charge in [0.1, 0.15) is 0 Å². The summed E-state index contributed by atoms with van der Waals surface area (Å²) in [6, 6.07) is 0. The summed E-state index contributed by atoms with van der Waals surface area (Å²) >= 11 is 0. The van der Waals surface area contributed by atoms with Crippen molar-refractivity contribution in [3.8, 4) is 0 Å². The van der Waals surface area contributed by atoms with Crippen molar-refractivity contribution in [3.05, 3.63) is 0 Å². The first-order valence-electron chi connectivity index (χ1n) is 7.09. The molecule has 0 aromatic rings. The van der Waals surface area contributed by atoms with E-state index in [1.54, 1.807) is 0 Å². The molecule has 0 radical (unpaired) electrons. The normalized spacial score (nSPS) is 28.9. The Morgan fingerprint density at radius 1 is 0.875 bits per heavy atom. The maximum Gasteiger partial charge on any atom is 0.0771 e. The largest absolute Gasteiger partial charge is 0.389 e. The van der Waals surface area contributed by atoms with Gasteiger partial charge in [0, 0.05) is 12.1 Å². The van der Waals surface area contributed by atoms with Gasteiger partial charge in [0.05, 0.1) is 5.60 Å². The summed E-state index contributed by atoms with van der Waals surface area (Å²) in [5.74, 6) is 0. The fraction of sp³-hybridized carbons (Fsp3) is 1.00. The molecule has 0 aliphatic heterocycles. The Kier molecular flexibility index (Phi) is 3.91. The van der Waals surface area contributed by atoms with Crippen LogP contribution < -0.4 is 5.32 Å². The first-order valence-corrected chi connectivity index (χ1v) is 7.09. The third-order valence-electron chi connectivity index (χ3n) is 4.59. The molecule has 0 aromatic heterocycles. The van der Waals surface area contributed by atoms with E-state index in [1.807, 2.05) is 0 Å². The summed E-state index contributed by atoms with van der Waals surface area (Å²) in [6.45, 7) is 3.14. The molecule has 2 heteroatoms. The van der Waals surface area contributed by atoms with Gasteiger partial charge in [-0.05, 0) is 32.6 Å². The molecule has 0 aromatic carbocycles. The molecule has 0 heterocycles. The summed E-state index contributed by atoms with van der Waals surface area (Å²) in [5, 5.41) is 14.1. The first-order chi connectivity index (χ1) is 7.62. The summed E-state index contributed by atoms with van der Waals surface area (Å²) in [7, 11) is 0. The second-order valence-corrected chi connectivity index (χ2v) is 6.26. The molecular formula is C14H27NO. The number of hydrogen-bond donors (Lipinski definition) is 2. The molecule has 0 spiro atoms. The van der Waals surface area contributed by atoms with Gasteiger partial charge in [0.15, 0.2) is 0 Å². The predicted octanol–water partition coefficient (Wildman–Crippen LogP) is 2.99. The van der Waals surface area contributed by atoms with Gasteiger partial charge in [-0.25, -0.2) is 0 Å². The summed E-state index contributed by atoms with van der Waals surface area (Å²) in [5.41, 5.74) is -0.107. The Labute approximate surface area is 99.8 Å². The van der Waals surface area contributed by atoms with Crippen molar-refractivity contribution in [1.29, 1.82) is 0 Å². The third kappa shape index (κ3) is 3.21. The monoisotopic (exact) mass is 225 g/mol. The maximum absolute atomic E-state index is 10.5. The van der Waals surface area contributed by atoms with Gasteiger partial charge < -0.3 is 10.4 Å².